The van der Waals surface area contributed by atoms with Crippen molar-refractivity contribution >= 4 is 23.4 Å². The molecule has 0 fully saturated rings. The van der Waals surface area contributed by atoms with Crippen molar-refractivity contribution < 1.29 is 4.39 Å². The van der Waals surface area contributed by atoms with Crippen molar-refractivity contribution in [3.8, 4) is 16.9 Å². The molecule has 3 aromatic carbocycles. The number of rotatable bonds is 5. The van der Waals surface area contributed by atoms with Crippen LogP contribution in [-0.4, -0.2) is 9.55 Å². The molecule has 0 atom stereocenters. The minimum absolute atomic E-state index is 0.226. The van der Waals surface area contributed by atoms with E-state index in [1.165, 1.54) is 17.7 Å². The van der Waals surface area contributed by atoms with Crippen molar-refractivity contribution in [3.63, 3.8) is 0 Å². The average Bonchev–Trinajstić information content (AvgIpc) is 3.12. The minimum Gasteiger partial charge on any atom is -0.287 e. The Labute approximate surface area is 173 Å². The van der Waals surface area contributed by atoms with Gasteiger partial charge in [-0.15, -0.1) is 0 Å². The lowest BCUT2D eigenvalue weighted by Gasteiger charge is -2.13. The van der Waals surface area contributed by atoms with Gasteiger partial charge < -0.3 is 0 Å². The van der Waals surface area contributed by atoms with Crippen LogP contribution in [0, 0.1) is 12.7 Å². The van der Waals surface area contributed by atoms with Gasteiger partial charge in [-0.2, -0.15) is 0 Å². The zero-order valence-corrected chi connectivity index (χ0v) is 16.8. The van der Waals surface area contributed by atoms with Crippen LogP contribution in [0.3, 0.4) is 0 Å². The first kappa shape index (κ1) is 18.8. The second-order valence-electron chi connectivity index (χ2n) is 6.52. The second kappa shape index (κ2) is 8.21. The molecule has 0 spiro atoms. The zero-order valence-electron chi connectivity index (χ0n) is 15.3. The summed E-state index contributed by atoms with van der Waals surface area (Å²) in [6.45, 7) is 2.07. The topological polar surface area (TPSA) is 17.8 Å². The summed E-state index contributed by atoms with van der Waals surface area (Å²) in [7, 11) is 0. The lowest BCUT2D eigenvalue weighted by Crippen LogP contribution is -1.99. The number of hydrogen-bond donors (Lipinski definition) is 0. The van der Waals surface area contributed by atoms with Crippen LogP contribution < -0.4 is 0 Å². The minimum atomic E-state index is -0.226. The van der Waals surface area contributed by atoms with E-state index in [0.717, 1.165) is 27.7 Å². The Bertz CT molecular complexity index is 1090. The van der Waals surface area contributed by atoms with Crippen molar-refractivity contribution in [2.45, 2.75) is 17.8 Å². The fourth-order valence-corrected chi connectivity index (χ4v) is 4.09. The molecule has 140 valence electrons. The lowest BCUT2D eigenvalue weighted by atomic mass is 10.1. The number of aromatic nitrogens is 2. The van der Waals surface area contributed by atoms with E-state index < -0.39 is 0 Å². The molecule has 4 aromatic rings. The van der Waals surface area contributed by atoms with E-state index in [1.54, 1.807) is 23.9 Å². The van der Waals surface area contributed by atoms with E-state index in [4.69, 9.17) is 11.6 Å². The number of halogens is 2. The third-order valence-electron chi connectivity index (χ3n) is 4.42. The highest BCUT2D eigenvalue weighted by molar-refractivity contribution is 7.98. The maximum absolute atomic E-state index is 13.2. The summed E-state index contributed by atoms with van der Waals surface area (Å²) in [4.78, 5) is 4.66. The second-order valence-corrected chi connectivity index (χ2v) is 7.90. The molecule has 0 aliphatic rings. The van der Waals surface area contributed by atoms with Gasteiger partial charge in [-0.3, -0.25) is 4.57 Å². The van der Waals surface area contributed by atoms with Gasteiger partial charge in [0, 0.05) is 22.0 Å². The van der Waals surface area contributed by atoms with Crippen LogP contribution in [0.15, 0.2) is 84.1 Å². The molecule has 0 aliphatic carbocycles. The molecule has 0 unspecified atom stereocenters. The molecule has 0 amide bonds. The molecule has 1 heterocycles. The molecule has 4 rings (SSSR count). The third kappa shape index (κ3) is 4.13. The third-order valence-corrected chi connectivity index (χ3v) is 5.68. The summed E-state index contributed by atoms with van der Waals surface area (Å²) in [6.07, 6.45) is 1.89. The smallest absolute Gasteiger partial charge is 0.173 e. The average molecular weight is 409 g/mol. The van der Waals surface area contributed by atoms with E-state index in [1.807, 2.05) is 30.5 Å². The fourth-order valence-electron chi connectivity index (χ4n) is 2.96. The van der Waals surface area contributed by atoms with Gasteiger partial charge in [0.1, 0.15) is 5.82 Å². The Hall–Kier alpha value is -2.56. The van der Waals surface area contributed by atoms with Crippen LogP contribution in [0.1, 0.15) is 11.1 Å². The van der Waals surface area contributed by atoms with Crippen LogP contribution in [0.25, 0.3) is 16.9 Å². The van der Waals surface area contributed by atoms with Gasteiger partial charge in [0.2, 0.25) is 0 Å². The van der Waals surface area contributed by atoms with Gasteiger partial charge in [0.05, 0.1) is 11.9 Å². The number of benzene rings is 3. The highest BCUT2D eigenvalue weighted by Gasteiger charge is 2.14. The number of nitrogens with zero attached hydrogens (tertiary/aromatic N) is 2. The van der Waals surface area contributed by atoms with Gasteiger partial charge in [0.15, 0.2) is 5.16 Å². The van der Waals surface area contributed by atoms with Crippen LogP contribution in [0.4, 0.5) is 4.39 Å². The summed E-state index contributed by atoms with van der Waals surface area (Å²) in [6, 6.07) is 22.7. The molecule has 0 saturated carbocycles. The molecular weight excluding hydrogens is 391 g/mol. The van der Waals surface area contributed by atoms with Gasteiger partial charge >= 0.3 is 0 Å². The maximum atomic E-state index is 13.2. The van der Waals surface area contributed by atoms with Crippen molar-refractivity contribution in [2.75, 3.05) is 0 Å². The van der Waals surface area contributed by atoms with Crippen molar-refractivity contribution in [3.05, 3.63) is 101 Å². The van der Waals surface area contributed by atoms with Crippen molar-refractivity contribution in [1.29, 1.82) is 0 Å². The van der Waals surface area contributed by atoms with E-state index in [-0.39, 0.29) is 5.82 Å². The summed E-state index contributed by atoms with van der Waals surface area (Å²) >= 11 is 7.86. The predicted molar refractivity (Wildman–Crippen MR) is 115 cm³/mol. The Morgan fingerprint density at radius 2 is 1.75 bits per heavy atom. The predicted octanol–water partition coefficient (Wildman–Crippen LogP) is 6.93. The summed E-state index contributed by atoms with van der Waals surface area (Å²) in [5.74, 6) is 0.474. The van der Waals surface area contributed by atoms with Gasteiger partial charge in [-0.1, -0.05) is 71.4 Å². The summed E-state index contributed by atoms with van der Waals surface area (Å²) in [5.41, 5.74) is 5.31. The van der Waals surface area contributed by atoms with Crippen LogP contribution in [0.2, 0.25) is 5.02 Å². The monoisotopic (exact) mass is 408 g/mol. The molecule has 2 nitrogen and oxygen atoms in total. The Morgan fingerprint density at radius 3 is 2.46 bits per heavy atom. The fraction of sp³-hybridized carbons (Fsp3) is 0.0870. The summed E-state index contributed by atoms with van der Waals surface area (Å²) in [5, 5.41) is 1.54. The summed E-state index contributed by atoms with van der Waals surface area (Å²) < 4.78 is 15.3. The Balaban J connectivity index is 1.73. The number of imidazole rings is 1. The van der Waals surface area contributed by atoms with Crippen molar-refractivity contribution in [1.82, 2.24) is 9.55 Å². The van der Waals surface area contributed by atoms with Crippen LogP contribution in [0.5, 0.6) is 0 Å². The molecular formula is C23H18ClFN2S. The van der Waals surface area contributed by atoms with Crippen molar-refractivity contribution in [2.24, 2.45) is 0 Å². The molecule has 0 aliphatic heterocycles. The normalized spacial score (nSPS) is 11.0. The highest BCUT2D eigenvalue weighted by atomic mass is 35.5. The SMILES string of the molecule is Cc1ccc(-c2cnc(SCc3ccc(F)cc3)n2-c2cccc(Cl)c2)cc1. The molecule has 1 aromatic heterocycles. The number of aryl methyl sites for hydroxylation is 1. The van der Waals surface area contributed by atoms with Crippen LogP contribution in [-0.2, 0) is 5.75 Å². The molecule has 0 bridgehead atoms. The van der Waals surface area contributed by atoms with E-state index in [9.17, 15) is 4.39 Å². The molecule has 5 heteroatoms. The first-order chi connectivity index (χ1) is 13.6. The highest BCUT2D eigenvalue weighted by Crippen LogP contribution is 2.32. The van der Waals surface area contributed by atoms with E-state index >= 15 is 0 Å². The maximum Gasteiger partial charge on any atom is 0.173 e. The first-order valence-electron chi connectivity index (χ1n) is 8.88. The van der Waals surface area contributed by atoms with Crippen LogP contribution >= 0.6 is 23.4 Å². The van der Waals surface area contributed by atoms with E-state index in [0.29, 0.717) is 10.8 Å². The first-order valence-corrected chi connectivity index (χ1v) is 10.2. The van der Waals surface area contributed by atoms with Gasteiger partial charge in [0.25, 0.3) is 0 Å². The van der Waals surface area contributed by atoms with Gasteiger partial charge in [-0.05, 0) is 42.8 Å². The number of hydrogen-bond acceptors (Lipinski definition) is 2. The lowest BCUT2D eigenvalue weighted by molar-refractivity contribution is 0.627. The molecule has 28 heavy (non-hydrogen) atoms. The Morgan fingerprint density at radius 1 is 1.00 bits per heavy atom. The standard InChI is InChI=1S/C23H18ClFN2S/c1-16-5-9-18(10-6-16)22-14-26-23(27(22)21-4-2-3-19(24)13-21)28-15-17-7-11-20(25)12-8-17/h2-14H,15H2,1H3. The number of thioether (sulfide) groups is 1. The molecule has 0 saturated heterocycles. The molecule has 0 radical (unpaired) electrons. The quantitative estimate of drug-likeness (QED) is 0.333. The molecule has 0 N–H and O–H groups in total. The van der Waals surface area contributed by atoms with E-state index in [2.05, 4.69) is 40.7 Å². The zero-order chi connectivity index (χ0) is 19.5. The van der Waals surface area contributed by atoms with Gasteiger partial charge in [-0.25, -0.2) is 9.37 Å². The Kier molecular flexibility index (Phi) is 5.51. The largest absolute Gasteiger partial charge is 0.287 e.